The Hall–Kier alpha value is -0.790. The summed E-state index contributed by atoms with van der Waals surface area (Å²) in [6.45, 7) is 3.69. The van der Waals surface area contributed by atoms with Crippen LogP contribution < -0.4 is 5.32 Å². The van der Waals surface area contributed by atoms with E-state index in [2.05, 4.69) is 11.9 Å². The van der Waals surface area contributed by atoms with Gasteiger partial charge in [-0.2, -0.15) is 0 Å². The topological polar surface area (TPSA) is 29.1 Å². The summed E-state index contributed by atoms with van der Waals surface area (Å²) >= 11 is 0. The first-order valence-electron chi connectivity index (χ1n) is 5.23. The van der Waals surface area contributed by atoms with E-state index in [0.717, 1.165) is 25.7 Å². The number of carbonyl (C=O) groups excluding carboxylic acids is 1. The molecule has 0 aliphatic carbocycles. The second-order valence-corrected chi connectivity index (χ2v) is 3.73. The lowest BCUT2D eigenvalue weighted by atomic mass is 10.1. The molecule has 2 nitrogen and oxygen atoms in total. The second-order valence-electron chi connectivity index (χ2n) is 3.73. The molecular weight excluding hydrogens is 162 g/mol. The summed E-state index contributed by atoms with van der Waals surface area (Å²) in [6.07, 6.45) is 9.76. The quantitative estimate of drug-likeness (QED) is 0.495. The van der Waals surface area contributed by atoms with Crippen LogP contribution in [0.3, 0.4) is 0 Å². The number of nitrogens with one attached hydrogen (secondary N) is 1. The zero-order chi connectivity index (χ0) is 9.52. The molecule has 74 valence electrons. The van der Waals surface area contributed by atoms with E-state index in [1.165, 1.54) is 19.3 Å². The van der Waals surface area contributed by atoms with Crippen molar-refractivity contribution in [3.05, 3.63) is 12.7 Å². The molecule has 1 saturated heterocycles. The molecule has 1 aliphatic rings. The highest BCUT2D eigenvalue weighted by atomic mass is 16.1. The van der Waals surface area contributed by atoms with Gasteiger partial charge in [-0.25, -0.2) is 0 Å². The van der Waals surface area contributed by atoms with E-state index >= 15 is 0 Å². The van der Waals surface area contributed by atoms with Crippen molar-refractivity contribution in [3.8, 4) is 0 Å². The number of rotatable bonds is 6. The molecule has 13 heavy (non-hydrogen) atoms. The maximum absolute atomic E-state index is 10.9. The number of hydrogen-bond acceptors (Lipinski definition) is 1. The number of hydrogen-bond donors (Lipinski definition) is 1. The molecule has 0 aromatic carbocycles. The second kappa shape index (κ2) is 5.79. The molecule has 1 N–H and O–H groups in total. The fourth-order valence-corrected chi connectivity index (χ4v) is 1.75. The maximum atomic E-state index is 10.9. The van der Waals surface area contributed by atoms with Gasteiger partial charge in [0.25, 0.3) is 0 Å². The van der Waals surface area contributed by atoms with Gasteiger partial charge in [-0.1, -0.05) is 18.9 Å². The maximum Gasteiger partial charge on any atom is 0.220 e. The Balaban J connectivity index is 1.94. The van der Waals surface area contributed by atoms with Crippen molar-refractivity contribution >= 4 is 5.91 Å². The largest absolute Gasteiger partial charge is 0.353 e. The van der Waals surface area contributed by atoms with Crippen LogP contribution in [0, 0.1) is 0 Å². The molecule has 0 unspecified atom stereocenters. The highest BCUT2D eigenvalue weighted by molar-refractivity contribution is 5.78. The van der Waals surface area contributed by atoms with Gasteiger partial charge in [-0.15, -0.1) is 6.58 Å². The third kappa shape index (κ3) is 4.11. The van der Waals surface area contributed by atoms with Gasteiger partial charge in [0.05, 0.1) is 0 Å². The predicted octanol–water partition coefficient (Wildman–Crippen LogP) is 2.40. The molecule has 0 aromatic rings. The third-order valence-corrected chi connectivity index (χ3v) is 2.55. The smallest absolute Gasteiger partial charge is 0.220 e. The Morgan fingerprint density at radius 2 is 2.31 bits per heavy atom. The predicted molar refractivity (Wildman–Crippen MR) is 54.4 cm³/mol. The summed E-state index contributed by atoms with van der Waals surface area (Å²) in [4.78, 5) is 10.9. The minimum atomic E-state index is 0.232. The van der Waals surface area contributed by atoms with Crippen LogP contribution in [0.5, 0.6) is 0 Å². The molecule has 0 saturated carbocycles. The Kier molecular flexibility index (Phi) is 4.58. The van der Waals surface area contributed by atoms with Gasteiger partial charge in [-0.05, 0) is 25.7 Å². The van der Waals surface area contributed by atoms with Crippen LogP contribution >= 0.6 is 0 Å². The molecule has 0 spiro atoms. The van der Waals surface area contributed by atoms with E-state index in [9.17, 15) is 4.79 Å². The molecule has 0 bridgehead atoms. The van der Waals surface area contributed by atoms with Crippen LogP contribution in [0.2, 0.25) is 0 Å². The van der Waals surface area contributed by atoms with Gasteiger partial charge in [0.2, 0.25) is 5.91 Å². The summed E-state index contributed by atoms with van der Waals surface area (Å²) in [7, 11) is 0. The Bertz CT molecular complexity index is 177. The van der Waals surface area contributed by atoms with Crippen molar-refractivity contribution in [2.24, 2.45) is 0 Å². The van der Waals surface area contributed by atoms with Crippen LogP contribution in [-0.4, -0.2) is 11.9 Å². The van der Waals surface area contributed by atoms with Crippen LogP contribution in [0.1, 0.15) is 44.9 Å². The van der Waals surface area contributed by atoms with Gasteiger partial charge in [0.15, 0.2) is 0 Å². The lowest BCUT2D eigenvalue weighted by Crippen LogP contribution is -2.24. The van der Waals surface area contributed by atoms with Crippen molar-refractivity contribution in [2.75, 3.05) is 0 Å². The Morgan fingerprint density at radius 1 is 1.46 bits per heavy atom. The Morgan fingerprint density at radius 3 is 2.92 bits per heavy atom. The third-order valence-electron chi connectivity index (χ3n) is 2.55. The zero-order valence-corrected chi connectivity index (χ0v) is 8.22. The SMILES string of the molecule is C=CCCCCC[C@@H]1CCC(=O)N1. The number of allylic oxidation sites excluding steroid dienone is 1. The van der Waals surface area contributed by atoms with Crippen LogP contribution in [-0.2, 0) is 4.79 Å². The van der Waals surface area contributed by atoms with Gasteiger partial charge in [-0.3, -0.25) is 4.79 Å². The van der Waals surface area contributed by atoms with E-state index in [-0.39, 0.29) is 5.91 Å². The van der Waals surface area contributed by atoms with Crippen LogP contribution in [0.15, 0.2) is 12.7 Å². The number of unbranched alkanes of at least 4 members (excludes halogenated alkanes) is 3. The van der Waals surface area contributed by atoms with Crippen LogP contribution in [0.4, 0.5) is 0 Å². The van der Waals surface area contributed by atoms with Gasteiger partial charge in [0, 0.05) is 12.5 Å². The van der Waals surface area contributed by atoms with Crippen LogP contribution in [0.25, 0.3) is 0 Å². The summed E-state index contributed by atoms with van der Waals surface area (Å²) < 4.78 is 0. The Labute approximate surface area is 80.4 Å². The van der Waals surface area contributed by atoms with Crippen molar-refractivity contribution in [1.29, 1.82) is 0 Å². The van der Waals surface area contributed by atoms with Crippen molar-refractivity contribution < 1.29 is 4.79 Å². The first kappa shape index (κ1) is 10.3. The minimum absolute atomic E-state index is 0.232. The minimum Gasteiger partial charge on any atom is -0.353 e. The molecule has 1 atom stereocenters. The fraction of sp³-hybridized carbons (Fsp3) is 0.727. The summed E-state index contributed by atoms with van der Waals surface area (Å²) in [6, 6.07) is 0.469. The van der Waals surface area contributed by atoms with E-state index in [1.807, 2.05) is 6.08 Å². The van der Waals surface area contributed by atoms with E-state index in [1.54, 1.807) is 0 Å². The average Bonchev–Trinajstić information content (AvgIpc) is 2.51. The molecule has 0 radical (unpaired) electrons. The van der Waals surface area contributed by atoms with Gasteiger partial charge < -0.3 is 5.32 Å². The lowest BCUT2D eigenvalue weighted by Gasteiger charge is -2.08. The first-order valence-corrected chi connectivity index (χ1v) is 5.23. The molecule has 1 amide bonds. The lowest BCUT2D eigenvalue weighted by molar-refractivity contribution is -0.119. The standard InChI is InChI=1S/C11H19NO/c1-2-3-4-5-6-7-10-8-9-11(13)12-10/h2,10H,1,3-9H2,(H,12,13)/t10-/m1/s1. The van der Waals surface area contributed by atoms with Crippen molar-refractivity contribution in [3.63, 3.8) is 0 Å². The molecule has 0 aromatic heterocycles. The zero-order valence-electron chi connectivity index (χ0n) is 8.22. The monoisotopic (exact) mass is 181 g/mol. The molecule has 1 rings (SSSR count). The normalized spacial score (nSPS) is 21.5. The number of carbonyl (C=O) groups is 1. The van der Waals surface area contributed by atoms with E-state index in [4.69, 9.17) is 0 Å². The van der Waals surface area contributed by atoms with Gasteiger partial charge >= 0.3 is 0 Å². The molecule has 1 fully saturated rings. The van der Waals surface area contributed by atoms with E-state index in [0.29, 0.717) is 6.04 Å². The highest BCUT2D eigenvalue weighted by Gasteiger charge is 2.19. The summed E-state index contributed by atoms with van der Waals surface area (Å²) in [5.41, 5.74) is 0. The van der Waals surface area contributed by atoms with Gasteiger partial charge in [0.1, 0.15) is 0 Å². The first-order chi connectivity index (χ1) is 6.33. The van der Waals surface area contributed by atoms with Crippen molar-refractivity contribution in [2.45, 2.75) is 51.0 Å². The number of amides is 1. The molecule has 2 heteroatoms. The molecular formula is C11H19NO. The van der Waals surface area contributed by atoms with Crippen molar-refractivity contribution in [1.82, 2.24) is 5.32 Å². The summed E-state index contributed by atoms with van der Waals surface area (Å²) in [5.74, 6) is 0.232. The molecule has 1 heterocycles. The highest BCUT2D eigenvalue weighted by Crippen LogP contribution is 2.14. The molecule has 1 aliphatic heterocycles. The fourth-order valence-electron chi connectivity index (χ4n) is 1.75. The average molecular weight is 181 g/mol. The van der Waals surface area contributed by atoms with E-state index < -0.39 is 0 Å². The summed E-state index contributed by atoms with van der Waals surface area (Å²) in [5, 5.41) is 2.99.